The summed E-state index contributed by atoms with van der Waals surface area (Å²) in [6.45, 7) is 6.31. The van der Waals surface area contributed by atoms with Crippen LogP contribution in [0.1, 0.15) is 37.9 Å². The molecule has 2 aromatic heterocycles. The summed E-state index contributed by atoms with van der Waals surface area (Å²) in [4.78, 5) is 33.8. The Morgan fingerprint density at radius 2 is 1.73 bits per heavy atom. The third-order valence-corrected chi connectivity index (χ3v) is 9.16. The highest BCUT2D eigenvalue weighted by Crippen LogP contribution is 2.32. The van der Waals surface area contributed by atoms with E-state index < -0.39 is 12.0 Å². The number of aromatic nitrogens is 3. The predicted molar refractivity (Wildman–Crippen MR) is 179 cm³/mol. The minimum absolute atomic E-state index is 0.220. The summed E-state index contributed by atoms with van der Waals surface area (Å²) in [7, 11) is 0. The van der Waals surface area contributed by atoms with Crippen LogP contribution in [0.25, 0.3) is 23.0 Å². The molecule has 1 unspecified atom stereocenters. The van der Waals surface area contributed by atoms with Gasteiger partial charge in [0.05, 0.1) is 40.7 Å². The van der Waals surface area contributed by atoms with Crippen molar-refractivity contribution in [3.63, 3.8) is 0 Å². The van der Waals surface area contributed by atoms with Gasteiger partial charge in [-0.05, 0) is 87.2 Å². The van der Waals surface area contributed by atoms with Crippen LogP contribution < -0.4 is 19.6 Å². The van der Waals surface area contributed by atoms with Crippen molar-refractivity contribution in [2.45, 2.75) is 31.7 Å². The first kappa shape index (κ1) is 30.4. The van der Waals surface area contributed by atoms with Crippen molar-refractivity contribution in [3.8, 4) is 22.7 Å². The summed E-state index contributed by atoms with van der Waals surface area (Å²) in [6.07, 6.45) is 5.79. The van der Waals surface area contributed by atoms with E-state index in [1.54, 1.807) is 30.2 Å². The molecule has 0 N–H and O–H groups in total. The minimum Gasteiger partial charge on any atom is -0.494 e. The molecule has 0 amide bonds. The number of hydrogen-bond donors (Lipinski definition) is 0. The van der Waals surface area contributed by atoms with Gasteiger partial charge < -0.3 is 9.47 Å². The Bertz CT molecular complexity index is 2060. The molecule has 0 aliphatic carbocycles. The van der Waals surface area contributed by atoms with Gasteiger partial charge in [0.25, 0.3) is 5.56 Å². The Hall–Kier alpha value is -4.67. The maximum atomic E-state index is 14.3. The largest absolute Gasteiger partial charge is 0.494 e. The van der Waals surface area contributed by atoms with E-state index in [1.807, 2.05) is 109 Å². The van der Waals surface area contributed by atoms with Crippen molar-refractivity contribution >= 4 is 35.1 Å². The van der Waals surface area contributed by atoms with Gasteiger partial charge in [-0.2, -0.15) is 5.10 Å². The number of carbonyl (C=O) groups is 1. The molecular weight excluding hydrogens is 605 g/mol. The molecule has 0 saturated heterocycles. The molecule has 10 heteroatoms. The lowest BCUT2D eigenvalue weighted by atomic mass is 9.96. The zero-order valence-corrected chi connectivity index (χ0v) is 27.0. The van der Waals surface area contributed by atoms with Crippen LogP contribution in [0.4, 0.5) is 0 Å². The van der Waals surface area contributed by atoms with Crippen LogP contribution in [0, 0.1) is 0 Å². The summed E-state index contributed by atoms with van der Waals surface area (Å²) in [5.74, 6) is 0.297. The number of carbonyl (C=O) groups excluding carboxylic acids is 1. The highest BCUT2D eigenvalue weighted by atomic mass is 32.2. The molecule has 1 aliphatic rings. The minimum atomic E-state index is -0.670. The second-order valence-electron chi connectivity index (χ2n) is 10.2. The highest BCUT2D eigenvalue weighted by Gasteiger charge is 2.33. The van der Waals surface area contributed by atoms with Gasteiger partial charge in [-0.15, -0.1) is 11.8 Å². The molecular formula is C35H32N4O4S2. The van der Waals surface area contributed by atoms with Crippen molar-refractivity contribution in [1.29, 1.82) is 0 Å². The molecule has 6 rings (SSSR count). The molecule has 1 atom stereocenters. The number of benzene rings is 3. The molecule has 0 spiro atoms. The van der Waals surface area contributed by atoms with Crippen LogP contribution in [0.3, 0.4) is 0 Å². The van der Waals surface area contributed by atoms with Crippen LogP contribution in [0.2, 0.25) is 0 Å². The van der Waals surface area contributed by atoms with Gasteiger partial charge in [-0.25, -0.2) is 14.5 Å². The molecule has 0 bridgehead atoms. The fourth-order valence-corrected chi connectivity index (χ4v) is 6.79. The lowest BCUT2D eigenvalue weighted by Crippen LogP contribution is -2.39. The first-order valence-electron chi connectivity index (χ1n) is 14.6. The van der Waals surface area contributed by atoms with Gasteiger partial charge in [-0.3, -0.25) is 9.36 Å². The molecule has 0 radical (unpaired) electrons. The summed E-state index contributed by atoms with van der Waals surface area (Å²) >= 11 is 2.92. The van der Waals surface area contributed by atoms with E-state index in [2.05, 4.69) is 0 Å². The van der Waals surface area contributed by atoms with Crippen molar-refractivity contribution in [2.75, 3.05) is 19.5 Å². The van der Waals surface area contributed by atoms with Crippen molar-refractivity contribution in [3.05, 3.63) is 127 Å². The predicted octanol–water partition coefficient (Wildman–Crippen LogP) is 5.77. The lowest BCUT2D eigenvalue weighted by Gasteiger charge is -2.24. The smallest absolute Gasteiger partial charge is 0.338 e. The Kier molecular flexibility index (Phi) is 8.86. The molecule has 5 aromatic rings. The maximum absolute atomic E-state index is 14.3. The van der Waals surface area contributed by atoms with E-state index in [4.69, 9.17) is 19.6 Å². The number of nitrogens with zero attached hydrogens (tertiary/aromatic N) is 4. The van der Waals surface area contributed by atoms with E-state index in [-0.39, 0.29) is 12.2 Å². The average Bonchev–Trinajstić information content (AvgIpc) is 3.62. The fraction of sp³-hybridized carbons (Fsp3) is 0.200. The second-order valence-corrected chi connectivity index (χ2v) is 12.1. The Morgan fingerprint density at radius 3 is 2.40 bits per heavy atom. The van der Waals surface area contributed by atoms with Crippen LogP contribution >= 0.6 is 23.1 Å². The van der Waals surface area contributed by atoms with Crippen molar-refractivity contribution < 1.29 is 14.3 Å². The average molecular weight is 637 g/mol. The Labute approximate surface area is 269 Å². The number of ether oxygens (including phenoxy) is 2. The lowest BCUT2D eigenvalue weighted by molar-refractivity contribution is -0.139. The number of rotatable bonds is 9. The van der Waals surface area contributed by atoms with E-state index >= 15 is 0 Å². The second kappa shape index (κ2) is 13.1. The first-order chi connectivity index (χ1) is 21.9. The van der Waals surface area contributed by atoms with Crippen LogP contribution in [-0.2, 0) is 9.53 Å². The molecule has 228 valence electrons. The van der Waals surface area contributed by atoms with Gasteiger partial charge >= 0.3 is 5.97 Å². The molecule has 45 heavy (non-hydrogen) atoms. The third-order valence-electron chi connectivity index (χ3n) is 7.44. The van der Waals surface area contributed by atoms with Gasteiger partial charge in [-0.1, -0.05) is 41.7 Å². The number of hydrogen-bond acceptors (Lipinski definition) is 8. The van der Waals surface area contributed by atoms with Crippen LogP contribution in [-0.4, -0.2) is 39.8 Å². The molecule has 1 aliphatic heterocycles. The summed E-state index contributed by atoms with van der Waals surface area (Å²) in [5, 5.41) is 4.93. The van der Waals surface area contributed by atoms with E-state index in [0.29, 0.717) is 27.2 Å². The van der Waals surface area contributed by atoms with E-state index in [1.165, 1.54) is 11.3 Å². The summed E-state index contributed by atoms with van der Waals surface area (Å²) < 4.78 is 15.0. The number of fused-ring (bicyclic) bond motifs is 1. The number of allylic oxidation sites excluding steroid dienone is 1. The van der Waals surface area contributed by atoms with Crippen LogP contribution in [0.5, 0.6) is 5.75 Å². The van der Waals surface area contributed by atoms with E-state index in [9.17, 15) is 9.59 Å². The SMILES string of the molecule is CCOC(=O)C1=C(C)N=c2sc(=Cc3cn(-c4ccccc4)nc3-c3ccc(OCC)cc3)c(=O)n2C1c1ccc(SC)cc1. The van der Waals surface area contributed by atoms with E-state index in [0.717, 1.165) is 38.7 Å². The molecule has 8 nitrogen and oxygen atoms in total. The Morgan fingerprint density at radius 1 is 1.00 bits per heavy atom. The zero-order chi connectivity index (χ0) is 31.5. The summed E-state index contributed by atoms with van der Waals surface area (Å²) in [5.41, 5.74) is 4.75. The van der Waals surface area contributed by atoms with Crippen molar-refractivity contribution in [1.82, 2.24) is 14.3 Å². The monoisotopic (exact) mass is 636 g/mol. The van der Waals surface area contributed by atoms with Gasteiger partial charge in [0.2, 0.25) is 0 Å². The fourth-order valence-electron chi connectivity index (χ4n) is 5.34. The first-order valence-corrected chi connectivity index (χ1v) is 16.7. The summed E-state index contributed by atoms with van der Waals surface area (Å²) in [6, 6.07) is 24.8. The number of thiazole rings is 1. The topological polar surface area (TPSA) is 87.7 Å². The Balaban J connectivity index is 1.53. The maximum Gasteiger partial charge on any atom is 0.338 e. The quantitative estimate of drug-likeness (QED) is 0.151. The number of para-hydroxylation sites is 1. The van der Waals surface area contributed by atoms with Gasteiger partial charge in [0.15, 0.2) is 4.80 Å². The van der Waals surface area contributed by atoms with Gasteiger partial charge in [0.1, 0.15) is 11.4 Å². The molecule has 3 aromatic carbocycles. The number of esters is 1. The zero-order valence-electron chi connectivity index (χ0n) is 25.4. The van der Waals surface area contributed by atoms with Crippen molar-refractivity contribution in [2.24, 2.45) is 4.99 Å². The molecule has 0 saturated carbocycles. The third kappa shape index (κ3) is 6.03. The van der Waals surface area contributed by atoms with Crippen LogP contribution in [0.15, 0.2) is 111 Å². The highest BCUT2D eigenvalue weighted by molar-refractivity contribution is 7.98. The molecule has 3 heterocycles. The standard InChI is InChI=1S/C35H32N4O4S2/c1-5-42-27-16-12-23(13-17-27)31-25(21-38(37-31)26-10-8-7-9-11-26)20-29-33(40)39-32(24-14-18-28(44-4)19-15-24)30(34(41)43-6-2)22(3)36-35(39)45-29/h7-21,32H,5-6H2,1-4H3. The normalized spacial score (nSPS) is 14.7. The number of thioether (sulfide) groups is 1. The molecule has 0 fully saturated rings. The van der Waals surface area contributed by atoms with Gasteiger partial charge in [0, 0.05) is 22.2 Å².